The van der Waals surface area contributed by atoms with Gasteiger partial charge >= 0.3 is 0 Å². The first-order valence-electron chi connectivity index (χ1n) is 8.13. The third-order valence-corrected chi connectivity index (χ3v) is 5.12. The van der Waals surface area contributed by atoms with Crippen LogP contribution in [0.15, 0.2) is 0 Å². The minimum absolute atomic E-state index is 0.540. The number of hydrogen-bond acceptors (Lipinski definition) is 3. The lowest BCUT2D eigenvalue weighted by atomic mass is 9.80. The molecule has 1 unspecified atom stereocenters. The van der Waals surface area contributed by atoms with Crippen molar-refractivity contribution in [3.05, 3.63) is 0 Å². The van der Waals surface area contributed by atoms with Crippen LogP contribution in [0.2, 0.25) is 0 Å². The lowest BCUT2D eigenvalue weighted by Gasteiger charge is -2.41. The monoisotopic (exact) mass is 267 g/mol. The summed E-state index contributed by atoms with van der Waals surface area (Å²) in [5.74, 6) is 0.742. The van der Waals surface area contributed by atoms with Crippen LogP contribution in [0.4, 0.5) is 0 Å². The topological polar surface area (TPSA) is 18.5 Å². The molecule has 0 spiro atoms. The van der Waals surface area contributed by atoms with Gasteiger partial charge in [0, 0.05) is 19.1 Å². The molecule has 2 fully saturated rings. The smallest absolute Gasteiger partial charge is 0.0217 e. The van der Waals surface area contributed by atoms with Crippen molar-refractivity contribution < 1.29 is 0 Å². The van der Waals surface area contributed by atoms with Crippen molar-refractivity contribution in [2.75, 3.05) is 46.3 Å². The standard InChI is InChI=1S/C16H33N3/c1-14(2)15-12-19(9-5-8-17-15)13-16(3)6-10-18(4)11-7-16/h14-15,17H,5-13H2,1-4H3. The molecule has 0 aliphatic carbocycles. The third kappa shape index (κ3) is 4.44. The number of nitrogens with zero attached hydrogens (tertiary/aromatic N) is 2. The summed E-state index contributed by atoms with van der Waals surface area (Å²) in [6.07, 6.45) is 4.03. The Morgan fingerprint density at radius 3 is 2.53 bits per heavy atom. The normalized spacial score (nSPS) is 30.5. The highest BCUT2D eigenvalue weighted by Crippen LogP contribution is 2.31. The molecule has 2 heterocycles. The summed E-state index contributed by atoms with van der Waals surface area (Å²) in [5, 5.41) is 3.72. The van der Waals surface area contributed by atoms with Crippen LogP contribution in [0.5, 0.6) is 0 Å². The van der Waals surface area contributed by atoms with Crippen LogP contribution >= 0.6 is 0 Å². The molecule has 0 aromatic heterocycles. The predicted octanol–water partition coefficient (Wildman–Crippen LogP) is 2.04. The Morgan fingerprint density at radius 2 is 1.89 bits per heavy atom. The lowest BCUT2D eigenvalue weighted by molar-refractivity contribution is 0.0833. The van der Waals surface area contributed by atoms with Crippen LogP contribution in [-0.4, -0.2) is 62.2 Å². The summed E-state index contributed by atoms with van der Waals surface area (Å²) in [7, 11) is 2.25. The average Bonchev–Trinajstić information content (AvgIpc) is 2.59. The minimum Gasteiger partial charge on any atom is -0.312 e. The fourth-order valence-corrected chi connectivity index (χ4v) is 3.47. The molecule has 0 saturated carbocycles. The van der Waals surface area contributed by atoms with Gasteiger partial charge in [-0.3, -0.25) is 0 Å². The maximum Gasteiger partial charge on any atom is 0.0217 e. The van der Waals surface area contributed by atoms with Gasteiger partial charge in [-0.25, -0.2) is 0 Å². The Bertz CT molecular complexity index is 269. The molecule has 0 aromatic rings. The highest BCUT2D eigenvalue weighted by atomic mass is 15.2. The SMILES string of the molecule is CC(C)C1CN(CC2(C)CCN(C)CC2)CCCN1. The molecule has 2 saturated heterocycles. The zero-order valence-corrected chi connectivity index (χ0v) is 13.4. The molecule has 112 valence electrons. The van der Waals surface area contributed by atoms with Crippen molar-refractivity contribution in [3.8, 4) is 0 Å². The lowest BCUT2D eigenvalue weighted by Crippen LogP contribution is -2.47. The molecule has 1 atom stereocenters. The van der Waals surface area contributed by atoms with Crippen LogP contribution in [0.25, 0.3) is 0 Å². The number of likely N-dealkylation sites (tertiary alicyclic amines) is 1. The largest absolute Gasteiger partial charge is 0.312 e. The first-order valence-corrected chi connectivity index (χ1v) is 8.13. The van der Waals surface area contributed by atoms with E-state index in [1.54, 1.807) is 0 Å². The van der Waals surface area contributed by atoms with Crippen molar-refractivity contribution in [1.82, 2.24) is 15.1 Å². The minimum atomic E-state index is 0.540. The van der Waals surface area contributed by atoms with Crippen LogP contribution in [0.3, 0.4) is 0 Å². The van der Waals surface area contributed by atoms with Crippen molar-refractivity contribution in [2.45, 2.75) is 46.1 Å². The number of hydrogen-bond donors (Lipinski definition) is 1. The zero-order chi connectivity index (χ0) is 13.9. The van der Waals surface area contributed by atoms with Crippen LogP contribution < -0.4 is 5.32 Å². The Morgan fingerprint density at radius 1 is 1.21 bits per heavy atom. The van der Waals surface area contributed by atoms with Crippen molar-refractivity contribution in [3.63, 3.8) is 0 Å². The quantitative estimate of drug-likeness (QED) is 0.844. The van der Waals surface area contributed by atoms with Crippen molar-refractivity contribution >= 4 is 0 Å². The molecular weight excluding hydrogens is 234 g/mol. The molecule has 2 rings (SSSR count). The second-order valence-electron chi connectivity index (χ2n) is 7.51. The van der Waals surface area contributed by atoms with Gasteiger partial charge in [0.2, 0.25) is 0 Å². The molecule has 3 heteroatoms. The van der Waals surface area contributed by atoms with Crippen LogP contribution in [-0.2, 0) is 0 Å². The first kappa shape index (κ1) is 15.3. The van der Waals surface area contributed by atoms with E-state index in [1.165, 1.54) is 58.5 Å². The summed E-state index contributed by atoms with van der Waals surface area (Å²) >= 11 is 0. The molecule has 2 aliphatic heterocycles. The van der Waals surface area contributed by atoms with E-state index in [2.05, 4.69) is 42.9 Å². The molecule has 0 radical (unpaired) electrons. The molecule has 2 aliphatic rings. The highest BCUT2D eigenvalue weighted by Gasteiger charge is 2.32. The van der Waals surface area contributed by atoms with Gasteiger partial charge in [-0.05, 0) is 63.8 Å². The van der Waals surface area contributed by atoms with Crippen LogP contribution in [0, 0.1) is 11.3 Å². The van der Waals surface area contributed by atoms with E-state index in [4.69, 9.17) is 0 Å². The molecule has 0 aromatic carbocycles. The fourth-order valence-electron chi connectivity index (χ4n) is 3.47. The van der Waals surface area contributed by atoms with Gasteiger partial charge in [0.1, 0.15) is 0 Å². The molecular formula is C16H33N3. The highest BCUT2D eigenvalue weighted by molar-refractivity contribution is 4.87. The number of rotatable bonds is 3. The van der Waals surface area contributed by atoms with Gasteiger partial charge in [0.05, 0.1) is 0 Å². The molecule has 19 heavy (non-hydrogen) atoms. The van der Waals surface area contributed by atoms with Gasteiger partial charge in [-0.2, -0.15) is 0 Å². The van der Waals surface area contributed by atoms with Gasteiger partial charge in [0.25, 0.3) is 0 Å². The fraction of sp³-hybridized carbons (Fsp3) is 1.00. The summed E-state index contributed by atoms with van der Waals surface area (Å²) in [6, 6.07) is 0.678. The Kier molecular flexibility index (Phi) is 5.27. The summed E-state index contributed by atoms with van der Waals surface area (Å²) in [4.78, 5) is 5.21. The van der Waals surface area contributed by atoms with E-state index in [9.17, 15) is 0 Å². The summed E-state index contributed by atoms with van der Waals surface area (Å²) in [5.41, 5.74) is 0.540. The van der Waals surface area contributed by atoms with Crippen molar-refractivity contribution in [1.29, 1.82) is 0 Å². The maximum atomic E-state index is 3.72. The first-order chi connectivity index (χ1) is 8.98. The maximum absolute atomic E-state index is 3.72. The van der Waals surface area contributed by atoms with Gasteiger partial charge in [-0.15, -0.1) is 0 Å². The molecule has 1 N–H and O–H groups in total. The van der Waals surface area contributed by atoms with E-state index in [0.717, 1.165) is 5.92 Å². The van der Waals surface area contributed by atoms with Gasteiger partial charge in [0.15, 0.2) is 0 Å². The molecule has 0 bridgehead atoms. The second-order valence-corrected chi connectivity index (χ2v) is 7.51. The molecule has 0 amide bonds. The van der Waals surface area contributed by atoms with E-state index in [-0.39, 0.29) is 0 Å². The molecule has 3 nitrogen and oxygen atoms in total. The van der Waals surface area contributed by atoms with E-state index < -0.39 is 0 Å². The zero-order valence-electron chi connectivity index (χ0n) is 13.4. The van der Waals surface area contributed by atoms with Crippen LogP contribution in [0.1, 0.15) is 40.0 Å². The van der Waals surface area contributed by atoms with E-state index in [0.29, 0.717) is 11.5 Å². The van der Waals surface area contributed by atoms with Gasteiger partial charge < -0.3 is 15.1 Å². The van der Waals surface area contributed by atoms with E-state index >= 15 is 0 Å². The second kappa shape index (κ2) is 6.55. The number of nitrogens with one attached hydrogen (secondary N) is 1. The predicted molar refractivity (Wildman–Crippen MR) is 82.5 cm³/mol. The van der Waals surface area contributed by atoms with Crippen molar-refractivity contribution in [2.24, 2.45) is 11.3 Å². The van der Waals surface area contributed by atoms with E-state index in [1.807, 2.05) is 0 Å². The Hall–Kier alpha value is -0.120. The average molecular weight is 267 g/mol. The third-order valence-electron chi connectivity index (χ3n) is 5.12. The summed E-state index contributed by atoms with van der Waals surface area (Å²) in [6.45, 7) is 14.8. The Labute approximate surface area is 119 Å². The summed E-state index contributed by atoms with van der Waals surface area (Å²) < 4.78 is 0. The van der Waals surface area contributed by atoms with Gasteiger partial charge in [-0.1, -0.05) is 20.8 Å². The number of piperidine rings is 1. The Balaban J connectivity index is 1.89.